The number of aromatic nitrogens is 1. The lowest BCUT2D eigenvalue weighted by Gasteiger charge is -2.23. The molecule has 1 aromatic rings. The van der Waals surface area contributed by atoms with Crippen LogP contribution in [0.3, 0.4) is 0 Å². The molecule has 0 bridgehead atoms. The molecular formula is C10H16N2O2. The second kappa shape index (κ2) is 5.14. The third-order valence-corrected chi connectivity index (χ3v) is 2.23. The van der Waals surface area contributed by atoms with Gasteiger partial charge in [-0.2, -0.15) is 0 Å². The standard InChI is InChI=1S/C10H16N2O2/c1-2-9(12-3-1)6-11-7-10-8-13-4-5-14-10/h1-3,10-12H,4-8H2. The molecule has 14 heavy (non-hydrogen) atoms. The highest BCUT2D eigenvalue weighted by Crippen LogP contribution is 1.99. The van der Waals surface area contributed by atoms with Crippen molar-refractivity contribution in [3.63, 3.8) is 0 Å². The second-order valence-electron chi connectivity index (χ2n) is 3.39. The number of hydrogen-bond acceptors (Lipinski definition) is 3. The van der Waals surface area contributed by atoms with Crippen molar-refractivity contribution in [3.8, 4) is 0 Å². The molecule has 0 aromatic carbocycles. The Labute approximate surface area is 83.6 Å². The molecule has 78 valence electrons. The lowest BCUT2D eigenvalue weighted by molar-refractivity contribution is -0.0864. The number of hydrogen-bond donors (Lipinski definition) is 2. The van der Waals surface area contributed by atoms with Crippen LogP contribution in [0, 0.1) is 0 Å². The highest BCUT2D eigenvalue weighted by molar-refractivity contribution is 5.02. The summed E-state index contributed by atoms with van der Waals surface area (Å²) in [5.41, 5.74) is 1.20. The van der Waals surface area contributed by atoms with Crippen molar-refractivity contribution in [2.24, 2.45) is 0 Å². The number of rotatable bonds is 4. The van der Waals surface area contributed by atoms with Crippen molar-refractivity contribution >= 4 is 0 Å². The third kappa shape index (κ3) is 2.83. The molecule has 0 radical (unpaired) electrons. The van der Waals surface area contributed by atoms with Gasteiger partial charge in [0.05, 0.1) is 25.9 Å². The van der Waals surface area contributed by atoms with Crippen molar-refractivity contribution in [2.45, 2.75) is 12.6 Å². The van der Waals surface area contributed by atoms with Crippen LogP contribution in [-0.4, -0.2) is 37.5 Å². The predicted octanol–water partition coefficient (Wildman–Crippen LogP) is 0.520. The van der Waals surface area contributed by atoms with E-state index in [1.807, 2.05) is 12.3 Å². The molecule has 1 fully saturated rings. The Morgan fingerprint density at radius 2 is 2.50 bits per heavy atom. The zero-order valence-corrected chi connectivity index (χ0v) is 8.16. The van der Waals surface area contributed by atoms with Gasteiger partial charge in [-0.15, -0.1) is 0 Å². The summed E-state index contributed by atoms with van der Waals surface area (Å²) >= 11 is 0. The molecule has 2 rings (SSSR count). The van der Waals surface area contributed by atoms with E-state index < -0.39 is 0 Å². The molecule has 4 heteroatoms. The van der Waals surface area contributed by atoms with Gasteiger partial charge in [0.25, 0.3) is 0 Å². The zero-order chi connectivity index (χ0) is 9.64. The summed E-state index contributed by atoms with van der Waals surface area (Å²) in [6.45, 7) is 3.85. The quantitative estimate of drug-likeness (QED) is 0.738. The third-order valence-electron chi connectivity index (χ3n) is 2.23. The summed E-state index contributed by atoms with van der Waals surface area (Å²) in [7, 11) is 0. The van der Waals surface area contributed by atoms with Crippen LogP contribution in [0.15, 0.2) is 18.3 Å². The van der Waals surface area contributed by atoms with E-state index in [-0.39, 0.29) is 6.10 Å². The Morgan fingerprint density at radius 1 is 1.50 bits per heavy atom. The molecule has 1 aromatic heterocycles. The zero-order valence-electron chi connectivity index (χ0n) is 8.16. The minimum Gasteiger partial charge on any atom is -0.376 e. The van der Waals surface area contributed by atoms with E-state index >= 15 is 0 Å². The minimum absolute atomic E-state index is 0.207. The Hall–Kier alpha value is -0.840. The van der Waals surface area contributed by atoms with Crippen LogP contribution in [0.25, 0.3) is 0 Å². The molecule has 1 aliphatic rings. The molecular weight excluding hydrogens is 180 g/mol. The summed E-state index contributed by atoms with van der Waals surface area (Å²) < 4.78 is 10.8. The van der Waals surface area contributed by atoms with Crippen LogP contribution in [0.4, 0.5) is 0 Å². The lowest BCUT2D eigenvalue weighted by Crippen LogP contribution is -2.37. The SMILES string of the molecule is c1c[nH]c(CNCC2COCCO2)c1. The van der Waals surface area contributed by atoms with Crippen LogP contribution < -0.4 is 5.32 Å². The van der Waals surface area contributed by atoms with Crippen molar-refractivity contribution in [3.05, 3.63) is 24.0 Å². The van der Waals surface area contributed by atoms with Crippen molar-refractivity contribution < 1.29 is 9.47 Å². The van der Waals surface area contributed by atoms with E-state index in [0.29, 0.717) is 6.61 Å². The average Bonchev–Trinajstić information content (AvgIpc) is 2.72. The maximum atomic E-state index is 5.50. The molecule has 1 unspecified atom stereocenters. The number of ether oxygens (including phenoxy) is 2. The summed E-state index contributed by atoms with van der Waals surface area (Å²) in [5.74, 6) is 0. The molecule has 2 N–H and O–H groups in total. The van der Waals surface area contributed by atoms with Crippen molar-refractivity contribution in [2.75, 3.05) is 26.4 Å². The molecule has 0 saturated carbocycles. The first-order valence-corrected chi connectivity index (χ1v) is 4.97. The Morgan fingerprint density at radius 3 is 3.21 bits per heavy atom. The second-order valence-corrected chi connectivity index (χ2v) is 3.39. The monoisotopic (exact) mass is 196 g/mol. The van der Waals surface area contributed by atoms with E-state index in [9.17, 15) is 0 Å². The van der Waals surface area contributed by atoms with Crippen LogP contribution >= 0.6 is 0 Å². The molecule has 1 aliphatic heterocycles. The topological polar surface area (TPSA) is 46.3 Å². The van der Waals surface area contributed by atoms with Crippen LogP contribution in [0.5, 0.6) is 0 Å². The Balaban J connectivity index is 1.62. The largest absolute Gasteiger partial charge is 0.376 e. The Kier molecular flexibility index (Phi) is 3.57. The molecule has 0 spiro atoms. The van der Waals surface area contributed by atoms with Crippen molar-refractivity contribution in [1.82, 2.24) is 10.3 Å². The van der Waals surface area contributed by atoms with Crippen molar-refractivity contribution in [1.29, 1.82) is 0 Å². The van der Waals surface area contributed by atoms with Gasteiger partial charge in [-0.05, 0) is 12.1 Å². The van der Waals surface area contributed by atoms with E-state index in [1.54, 1.807) is 0 Å². The first kappa shape index (κ1) is 9.71. The number of aromatic amines is 1. The minimum atomic E-state index is 0.207. The van der Waals surface area contributed by atoms with E-state index in [1.165, 1.54) is 5.69 Å². The van der Waals surface area contributed by atoms with E-state index in [2.05, 4.69) is 16.4 Å². The van der Waals surface area contributed by atoms with Crippen LogP contribution in [0.2, 0.25) is 0 Å². The first-order chi connectivity index (χ1) is 6.95. The average molecular weight is 196 g/mol. The van der Waals surface area contributed by atoms with Gasteiger partial charge in [0.15, 0.2) is 0 Å². The summed E-state index contributed by atoms with van der Waals surface area (Å²) in [4.78, 5) is 3.14. The normalized spacial score (nSPS) is 22.4. The maximum Gasteiger partial charge on any atom is 0.0933 e. The predicted molar refractivity (Wildman–Crippen MR) is 53.1 cm³/mol. The summed E-state index contributed by atoms with van der Waals surface area (Å²) in [6, 6.07) is 4.06. The van der Waals surface area contributed by atoms with Crippen LogP contribution in [-0.2, 0) is 16.0 Å². The lowest BCUT2D eigenvalue weighted by atomic mass is 10.3. The van der Waals surface area contributed by atoms with Gasteiger partial charge < -0.3 is 19.8 Å². The van der Waals surface area contributed by atoms with E-state index in [0.717, 1.165) is 26.3 Å². The number of nitrogens with one attached hydrogen (secondary N) is 2. The fourth-order valence-electron chi connectivity index (χ4n) is 1.50. The van der Waals surface area contributed by atoms with Gasteiger partial charge in [-0.3, -0.25) is 0 Å². The molecule has 0 amide bonds. The van der Waals surface area contributed by atoms with Gasteiger partial charge in [0, 0.05) is 25.0 Å². The number of H-pyrrole nitrogens is 1. The molecule has 0 aliphatic carbocycles. The fourth-order valence-corrected chi connectivity index (χ4v) is 1.50. The van der Waals surface area contributed by atoms with Gasteiger partial charge >= 0.3 is 0 Å². The summed E-state index contributed by atoms with van der Waals surface area (Å²) in [5, 5.41) is 3.32. The highest BCUT2D eigenvalue weighted by atomic mass is 16.6. The Bertz CT molecular complexity index is 243. The molecule has 1 saturated heterocycles. The van der Waals surface area contributed by atoms with Gasteiger partial charge in [-0.25, -0.2) is 0 Å². The summed E-state index contributed by atoms with van der Waals surface area (Å²) in [6.07, 6.45) is 2.13. The molecule has 2 heterocycles. The molecule has 4 nitrogen and oxygen atoms in total. The van der Waals surface area contributed by atoms with Gasteiger partial charge in [0.2, 0.25) is 0 Å². The fraction of sp³-hybridized carbons (Fsp3) is 0.600. The maximum absolute atomic E-state index is 5.50. The smallest absolute Gasteiger partial charge is 0.0933 e. The first-order valence-electron chi connectivity index (χ1n) is 4.97. The molecule has 1 atom stereocenters. The van der Waals surface area contributed by atoms with Crippen LogP contribution in [0.1, 0.15) is 5.69 Å². The van der Waals surface area contributed by atoms with E-state index in [4.69, 9.17) is 9.47 Å². The van der Waals surface area contributed by atoms with Gasteiger partial charge in [0.1, 0.15) is 0 Å². The van der Waals surface area contributed by atoms with Gasteiger partial charge in [-0.1, -0.05) is 0 Å². The highest BCUT2D eigenvalue weighted by Gasteiger charge is 2.13.